The van der Waals surface area contributed by atoms with Crippen LogP contribution in [0.25, 0.3) is 0 Å². The van der Waals surface area contributed by atoms with E-state index in [-0.39, 0.29) is 36.4 Å². The van der Waals surface area contributed by atoms with Crippen LogP contribution < -0.4 is 10.9 Å². The number of hydrazine groups is 1. The molecular weight excluding hydrogens is 328 g/mol. The molecular formula is C20H30N4O2. The van der Waals surface area contributed by atoms with Crippen molar-refractivity contribution in [1.29, 1.82) is 0 Å². The highest BCUT2D eigenvalue weighted by molar-refractivity contribution is 5.86. The largest absolute Gasteiger partial charge is 0.335 e. The Labute approximate surface area is 155 Å². The Bertz CT molecular complexity index is 660. The summed E-state index contributed by atoms with van der Waals surface area (Å²) >= 11 is 0. The maximum absolute atomic E-state index is 12.6. The van der Waals surface area contributed by atoms with Gasteiger partial charge in [0.25, 0.3) is 0 Å². The average Bonchev–Trinajstić information content (AvgIpc) is 2.87. The van der Waals surface area contributed by atoms with Crippen molar-refractivity contribution >= 4 is 11.8 Å². The van der Waals surface area contributed by atoms with Crippen LogP contribution in [0.3, 0.4) is 0 Å². The Morgan fingerprint density at radius 2 is 1.69 bits per heavy atom. The van der Waals surface area contributed by atoms with Gasteiger partial charge in [-0.05, 0) is 33.3 Å². The molecule has 6 nitrogen and oxygen atoms in total. The van der Waals surface area contributed by atoms with E-state index in [2.05, 4.69) is 56.7 Å². The molecule has 2 heterocycles. The van der Waals surface area contributed by atoms with Gasteiger partial charge in [0.15, 0.2) is 0 Å². The normalized spacial score (nSPS) is 26.5. The molecule has 3 rings (SSSR count). The van der Waals surface area contributed by atoms with Gasteiger partial charge in [0.05, 0.1) is 6.54 Å². The van der Waals surface area contributed by atoms with Crippen LogP contribution in [0.4, 0.5) is 0 Å². The van der Waals surface area contributed by atoms with E-state index in [9.17, 15) is 9.59 Å². The first-order valence-electron chi connectivity index (χ1n) is 9.47. The number of benzene rings is 1. The summed E-state index contributed by atoms with van der Waals surface area (Å²) in [6.07, 6.45) is 0.479. The molecule has 0 radical (unpaired) electrons. The number of hydrogen-bond acceptors (Lipinski definition) is 4. The third-order valence-corrected chi connectivity index (χ3v) is 5.56. The molecule has 2 atom stereocenters. The van der Waals surface area contributed by atoms with E-state index in [4.69, 9.17) is 0 Å². The van der Waals surface area contributed by atoms with E-state index in [0.717, 1.165) is 5.56 Å². The van der Waals surface area contributed by atoms with Crippen LogP contribution in [0.5, 0.6) is 0 Å². The Hall–Kier alpha value is -1.92. The number of nitrogens with zero attached hydrogens (tertiary/aromatic N) is 2. The fraction of sp³-hybridized carbons (Fsp3) is 0.600. The van der Waals surface area contributed by atoms with Gasteiger partial charge in [-0.2, -0.15) is 0 Å². The van der Waals surface area contributed by atoms with Gasteiger partial charge in [-0.25, -0.2) is 0 Å². The Balaban J connectivity index is 1.56. The monoisotopic (exact) mass is 358 g/mol. The minimum Gasteiger partial charge on any atom is -0.335 e. The lowest BCUT2D eigenvalue weighted by atomic mass is 9.92. The van der Waals surface area contributed by atoms with Crippen LogP contribution in [-0.4, -0.2) is 53.3 Å². The van der Waals surface area contributed by atoms with E-state index in [0.29, 0.717) is 26.1 Å². The molecule has 0 aromatic heterocycles. The molecule has 26 heavy (non-hydrogen) atoms. The van der Waals surface area contributed by atoms with Gasteiger partial charge in [0, 0.05) is 44.1 Å². The molecule has 2 N–H and O–H groups in total. The Morgan fingerprint density at radius 1 is 1.08 bits per heavy atom. The van der Waals surface area contributed by atoms with Crippen molar-refractivity contribution in [2.75, 3.05) is 19.6 Å². The summed E-state index contributed by atoms with van der Waals surface area (Å²) in [5.74, 6) is 0.372. The SMILES string of the molecule is Cc1cc(C)cc(CN2CCN(C(=O)CC3C(C)NNC3C)CC2=O)c1. The second-order valence-electron chi connectivity index (χ2n) is 7.86. The second kappa shape index (κ2) is 7.76. The minimum absolute atomic E-state index is 0.0347. The first-order valence-corrected chi connectivity index (χ1v) is 9.47. The van der Waals surface area contributed by atoms with Gasteiger partial charge < -0.3 is 9.80 Å². The first-order chi connectivity index (χ1) is 12.3. The standard InChI is InChI=1S/C20H30N4O2/c1-13-7-14(2)9-17(8-13)11-23-5-6-24(12-20(23)26)19(25)10-18-15(3)21-22-16(18)4/h7-9,15-16,18,21-22H,5-6,10-12H2,1-4H3. The van der Waals surface area contributed by atoms with Crippen molar-refractivity contribution in [3.05, 3.63) is 34.9 Å². The molecule has 0 spiro atoms. The fourth-order valence-corrected chi connectivity index (χ4v) is 4.06. The summed E-state index contributed by atoms with van der Waals surface area (Å²) in [5, 5.41) is 0. The van der Waals surface area contributed by atoms with Crippen LogP contribution in [-0.2, 0) is 16.1 Å². The summed E-state index contributed by atoms with van der Waals surface area (Å²) < 4.78 is 0. The highest BCUT2D eigenvalue weighted by Gasteiger charge is 2.34. The quantitative estimate of drug-likeness (QED) is 0.853. The van der Waals surface area contributed by atoms with Gasteiger partial charge in [-0.1, -0.05) is 29.3 Å². The smallest absolute Gasteiger partial charge is 0.242 e. The number of hydrogen-bond donors (Lipinski definition) is 2. The van der Waals surface area contributed by atoms with Crippen molar-refractivity contribution in [3.8, 4) is 0 Å². The van der Waals surface area contributed by atoms with E-state index >= 15 is 0 Å². The van der Waals surface area contributed by atoms with Crippen LogP contribution in [0.1, 0.15) is 37.0 Å². The predicted molar refractivity (Wildman–Crippen MR) is 101 cm³/mol. The van der Waals surface area contributed by atoms with Crippen LogP contribution in [0.2, 0.25) is 0 Å². The Morgan fingerprint density at radius 3 is 2.27 bits per heavy atom. The molecule has 2 saturated heterocycles. The zero-order valence-corrected chi connectivity index (χ0v) is 16.2. The van der Waals surface area contributed by atoms with E-state index in [1.54, 1.807) is 4.90 Å². The average molecular weight is 358 g/mol. The van der Waals surface area contributed by atoms with Gasteiger partial charge in [-0.15, -0.1) is 0 Å². The number of rotatable bonds is 4. The summed E-state index contributed by atoms with van der Waals surface area (Å²) in [5.41, 5.74) is 9.94. The highest BCUT2D eigenvalue weighted by Crippen LogP contribution is 2.21. The van der Waals surface area contributed by atoms with Crippen LogP contribution in [0.15, 0.2) is 18.2 Å². The maximum Gasteiger partial charge on any atom is 0.242 e. The summed E-state index contributed by atoms with van der Waals surface area (Å²) in [6, 6.07) is 6.91. The van der Waals surface area contributed by atoms with Gasteiger partial charge in [-0.3, -0.25) is 20.4 Å². The first kappa shape index (κ1) is 18.9. The minimum atomic E-state index is 0.0347. The topological polar surface area (TPSA) is 64.7 Å². The molecule has 6 heteroatoms. The summed E-state index contributed by atoms with van der Waals surface area (Å²) in [7, 11) is 0. The van der Waals surface area contributed by atoms with E-state index in [1.807, 2.05) is 4.90 Å². The summed E-state index contributed by atoms with van der Waals surface area (Å²) in [4.78, 5) is 28.8. The number of carbonyl (C=O) groups is 2. The number of carbonyl (C=O) groups excluding carboxylic acids is 2. The predicted octanol–water partition coefficient (Wildman–Crippen LogP) is 1.37. The van der Waals surface area contributed by atoms with Gasteiger partial charge in [0.2, 0.25) is 11.8 Å². The van der Waals surface area contributed by atoms with Crippen molar-refractivity contribution < 1.29 is 9.59 Å². The molecule has 1 aromatic rings. The van der Waals surface area contributed by atoms with Crippen molar-refractivity contribution in [2.24, 2.45) is 5.92 Å². The molecule has 2 fully saturated rings. The molecule has 2 aliphatic rings. The van der Waals surface area contributed by atoms with Crippen LogP contribution >= 0.6 is 0 Å². The Kier molecular flexibility index (Phi) is 5.63. The van der Waals surface area contributed by atoms with Gasteiger partial charge >= 0.3 is 0 Å². The van der Waals surface area contributed by atoms with Crippen LogP contribution in [0, 0.1) is 19.8 Å². The zero-order chi connectivity index (χ0) is 18.8. The van der Waals surface area contributed by atoms with Crippen molar-refractivity contribution in [3.63, 3.8) is 0 Å². The maximum atomic E-state index is 12.6. The lowest BCUT2D eigenvalue weighted by Crippen LogP contribution is -2.52. The molecule has 2 amide bonds. The molecule has 0 aliphatic carbocycles. The fourth-order valence-electron chi connectivity index (χ4n) is 4.06. The van der Waals surface area contributed by atoms with Crippen molar-refractivity contribution in [2.45, 2.75) is 52.7 Å². The summed E-state index contributed by atoms with van der Waals surface area (Å²) in [6.45, 7) is 10.3. The lowest BCUT2D eigenvalue weighted by Gasteiger charge is -2.35. The molecule has 2 unspecified atom stereocenters. The lowest BCUT2D eigenvalue weighted by molar-refractivity contribution is -0.146. The third kappa shape index (κ3) is 4.24. The van der Waals surface area contributed by atoms with Crippen molar-refractivity contribution in [1.82, 2.24) is 20.7 Å². The van der Waals surface area contributed by atoms with E-state index in [1.165, 1.54) is 11.1 Å². The molecule has 1 aromatic carbocycles. The molecule has 142 valence electrons. The van der Waals surface area contributed by atoms with Gasteiger partial charge in [0.1, 0.15) is 0 Å². The number of nitrogens with one attached hydrogen (secondary N) is 2. The highest BCUT2D eigenvalue weighted by atomic mass is 16.2. The molecule has 0 bridgehead atoms. The second-order valence-corrected chi connectivity index (χ2v) is 7.86. The number of piperazine rings is 1. The van der Waals surface area contributed by atoms with E-state index < -0.39 is 0 Å². The number of amides is 2. The zero-order valence-electron chi connectivity index (χ0n) is 16.2. The molecule has 0 saturated carbocycles. The number of aryl methyl sites for hydroxylation is 2. The third-order valence-electron chi connectivity index (χ3n) is 5.56. The molecule has 2 aliphatic heterocycles.